The Balaban J connectivity index is 2.73. The molecule has 0 aliphatic carbocycles. The largest absolute Gasteiger partial charge is 0.364 e. The standard InChI is InChI=1S/C11H20N2O/c1-9(2)11(12-3)10-5-6-13(7-10)8-14-4/h5-7,9,11-12H,8H2,1-4H3. The fraction of sp³-hybridized carbons (Fsp3) is 0.636. The Kier molecular flexibility index (Phi) is 4.17. The zero-order chi connectivity index (χ0) is 10.6. The van der Waals surface area contributed by atoms with Gasteiger partial charge in [0.05, 0.1) is 0 Å². The van der Waals surface area contributed by atoms with E-state index in [1.807, 2.05) is 17.8 Å². The molecule has 0 aromatic carbocycles. The molecule has 0 fully saturated rings. The molecule has 0 aliphatic rings. The van der Waals surface area contributed by atoms with Crippen molar-refractivity contribution >= 4 is 0 Å². The molecule has 0 saturated heterocycles. The molecule has 0 saturated carbocycles. The molecule has 1 unspecified atom stereocenters. The smallest absolute Gasteiger partial charge is 0.121 e. The lowest BCUT2D eigenvalue weighted by Crippen LogP contribution is -2.21. The summed E-state index contributed by atoms with van der Waals surface area (Å²) in [7, 11) is 3.70. The molecular formula is C11H20N2O. The molecule has 3 heteroatoms. The summed E-state index contributed by atoms with van der Waals surface area (Å²) in [5.74, 6) is 0.596. The fourth-order valence-corrected chi connectivity index (χ4v) is 1.76. The van der Waals surface area contributed by atoms with Gasteiger partial charge in [-0.2, -0.15) is 0 Å². The number of nitrogens with zero attached hydrogens (tertiary/aromatic N) is 1. The minimum atomic E-state index is 0.424. The van der Waals surface area contributed by atoms with Gasteiger partial charge >= 0.3 is 0 Å². The highest BCUT2D eigenvalue weighted by atomic mass is 16.5. The maximum atomic E-state index is 5.06. The topological polar surface area (TPSA) is 26.2 Å². The van der Waals surface area contributed by atoms with E-state index in [2.05, 4.69) is 31.4 Å². The van der Waals surface area contributed by atoms with Gasteiger partial charge in [0.25, 0.3) is 0 Å². The molecule has 0 spiro atoms. The highest BCUT2D eigenvalue weighted by Crippen LogP contribution is 2.21. The van der Waals surface area contributed by atoms with Gasteiger partial charge in [-0.1, -0.05) is 13.8 Å². The number of methoxy groups -OCH3 is 1. The molecule has 1 heterocycles. The molecule has 1 aromatic heterocycles. The van der Waals surface area contributed by atoms with Crippen molar-refractivity contribution in [2.45, 2.75) is 26.6 Å². The van der Waals surface area contributed by atoms with Gasteiger partial charge in [0.1, 0.15) is 6.73 Å². The van der Waals surface area contributed by atoms with Crippen LogP contribution in [-0.2, 0) is 11.5 Å². The first-order chi connectivity index (χ1) is 6.69. The monoisotopic (exact) mass is 196 g/mol. The lowest BCUT2D eigenvalue weighted by molar-refractivity contribution is 0.131. The molecule has 1 rings (SSSR count). The van der Waals surface area contributed by atoms with Crippen LogP contribution < -0.4 is 5.32 Å². The van der Waals surface area contributed by atoms with Crippen molar-refractivity contribution in [2.24, 2.45) is 5.92 Å². The summed E-state index contributed by atoms with van der Waals surface area (Å²) in [5.41, 5.74) is 1.32. The predicted octanol–water partition coefficient (Wildman–Crippen LogP) is 2.01. The summed E-state index contributed by atoms with van der Waals surface area (Å²) in [6.07, 6.45) is 4.18. The Hall–Kier alpha value is -0.800. The summed E-state index contributed by atoms with van der Waals surface area (Å²) in [5, 5.41) is 3.32. The fourth-order valence-electron chi connectivity index (χ4n) is 1.76. The summed E-state index contributed by atoms with van der Waals surface area (Å²) >= 11 is 0. The van der Waals surface area contributed by atoms with Crippen molar-refractivity contribution in [1.82, 2.24) is 9.88 Å². The summed E-state index contributed by atoms with van der Waals surface area (Å²) in [4.78, 5) is 0. The molecule has 80 valence electrons. The molecule has 0 amide bonds. The molecule has 1 N–H and O–H groups in total. The Bertz CT molecular complexity index is 268. The minimum Gasteiger partial charge on any atom is -0.364 e. The van der Waals surface area contributed by atoms with E-state index in [4.69, 9.17) is 4.74 Å². The lowest BCUT2D eigenvalue weighted by atomic mass is 9.99. The van der Waals surface area contributed by atoms with Gasteiger partial charge in [0.2, 0.25) is 0 Å². The quantitative estimate of drug-likeness (QED) is 0.779. The van der Waals surface area contributed by atoms with E-state index in [0.29, 0.717) is 18.7 Å². The second-order valence-corrected chi connectivity index (χ2v) is 3.89. The number of hydrogen-bond acceptors (Lipinski definition) is 2. The van der Waals surface area contributed by atoms with Crippen LogP contribution in [0.2, 0.25) is 0 Å². The second-order valence-electron chi connectivity index (χ2n) is 3.89. The molecule has 1 aromatic rings. The van der Waals surface area contributed by atoms with Gasteiger partial charge in [-0.25, -0.2) is 0 Å². The van der Waals surface area contributed by atoms with Gasteiger partial charge in [-0.05, 0) is 24.6 Å². The average Bonchev–Trinajstić information content (AvgIpc) is 2.54. The third-order valence-electron chi connectivity index (χ3n) is 2.39. The maximum absolute atomic E-state index is 5.06. The van der Waals surface area contributed by atoms with Crippen LogP contribution in [0.1, 0.15) is 25.5 Å². The van der Waals surface area contributed by atoms with E-state index < -0.39 is 0 Å². The van der Waals surface area contributed by atoms with Gasteiger partial charge < -0.3 is 14.6 Å². The van der Waals surface area contributed by atoms with Crippen molar-refractivity contribution < 1.29 is 4.74 Å². The number of aromatic nitrogens is 1. The minimum absolute atomic E-state index is 0.424. The van der Waals surface area contributed by atoms with Crippen molar-refractivity contribution in [2.75, 3.05) is 14.2 Å². The summed E-state index contributed by atoms with van der Waals surface area (Å²) in [6.45, 7) is 5.05. The van der Waals surface area contributed by atoms with Crippen molar-refractivity contribution in [3.8, 4) is 0 Å². The molecule has 1 atom stereocenters. The number of nitrogens with one attached hydrogen (secondary N) is 1. The zero-order valence-electron chi connectivity index (χ0n) is 9.45. The molecule has 0 bridgehead atoms. The van der Waals surface area contributed by atoms with Crippen molar-refractivity contribution in [1.29, 1.82) is 0 Å². The lowest BCUT2D eigenvalue weighted by Gasteiger charge is -2.18. The Morgan fingerprint density at radius 1 is 1.50 bits per heavy atom. The SMILES string of the molecule is CNC(c1ccn(COC)c1)C(C)C. The van der Waals surface area contributed by atoms with Crippen LogP contribution in [0.3, 0.4) is 0 Å². The van der Waals surface area contributed by atoms with Crippen LogP contribution in [0.4, 0.5) is 0 Å². The highest BCUT2D eigenvalue weighted by molar-refractivity contribution is 5.15. The van der Waals surface area contributed by atoms with Gasteiger partial charge in [-0.3, -0.25) is 0 Å². The van der Waals surface area contributed by atoms with Gasteiger partial charge in [0, 0.05) is 25.5 Å². The van der Waals surface area contributed by atoms with Gasteiger partial charge in [0.15, 0.2) is 0 Å². The van der Waals surface area contributed by atoms with E-state index >= 15 is 0 Å². The first-order valence-corrected chi connectivity index (χ1v) is 5.01. The summed E-state index contributed by atoms with van der Waals surface area (Å²) < 4.78 is 7.10. The molecule has 0 radical (unpaired) electrons. The van der Waals surface area contributed by atoms with Crippen LogP contribution in [0.15, 0.2) is 18.5 Å². The third-order valence-corrected chi connectivity index (χ3v) is 2.39. The molecular weight excluding hydrogens is 176 g/mol. The van der Waals surface area contributed by atoms with E-state index in [-0.39, 0.29) is 0 Å². The normalized spacial score (nSPS) is 13.5. The molecule has 14 heavy (non-hydrogen) atoms. The van der Waals surface area contributed by atoms with Crippen LogP contribution in [0.25, 0.3) is 0 Å². The number of hydrogen-bond donors (Lipinski definition) is 1. The first kappa shape index (κ1) is 11.3. The van der Waals surface area contributed by atoms with E-state index in [1.54, 1.807) is 7.11 Å². The van der Waals surface area contributed by atoms with Crippen LogP contribution in [0, 0.1) is 5.92 Å². The number of rotatable bonds is 5. The van der Waals surface area contributed by atoms with Crippen LogP contribution >= 0.6 is 0 Å². The molecule has 0 aliphatic heterocycles. The van der Waals surface area contributed by atoms with E-state index in [9.17, 15) is 0 Å². The molecule has 3 nitrogen and oxygen atoms in total. The highest BCUT2D eigenvalue weighted by Gasteiger charge is 2.13. The first-order valence-electron chi connectivity index (χ1n) is 5.01. The Labute approximate surface area is 86.1 Å². The van der Waals surface area contributed by atoms with Crippen molar-refractivity contribution in [3.05, 3.63) is 24.0 Å². The zero-order valence-corrected chi connectivity index (χ0v) is 9.45. The van der Waals surface area contributed by atoms with Crippen LogP contribution in [0.5, 0.6) is 0 Å². The van der Waals surface area contributed by atoms with Crippen LogP contribution in [-0.4, -0.2) is 18.7 Å². The Morgan fingerprint density at radius 3 is 2.71 bits per heavy atom. The maximum Gasteiger partial charge on any atom is 0.121 e. The van der Waals surface area contributed by atoms with Gasteiger partial charge in [-0.15, -0.1) is 0 Å². The summed E-state index contributed by atoms with van der Waals surface area (Å²) in [6, 6.07) is 2.56. The Morgan fingerprint density at radius 2 is 2.21 bits per heavy atom. The van der Waals surface area contributed by atoms with E-state index in [0.717, 1.165) is 0 Å². The number of ether oxygens (including phenoxy) is 1. The third kappa shape index (κ3) is 2.59. The predicted molar refractivity (Wildman–Crippen MR) is 58.1 cm³/mol. The average molecular weight is 196 g/mol. The second kappa shape index (κ2) is 5.17. The van der Waals surface area contributed by atoms with E-state index in [1.165, 1.54) is 5.56 Å². The van der Waals surface area contributed by atoms with Crippen molar-refractivity contribution in [3.63, 3.8) is 0 Å².